The van der Waals surface area contributed by atoms with Crippen LogP contribution in [0.2, 0.25) is 0 Å². The number of fused-ring (bicyclic) bond motifs is 1. The largest absolute Gasteiger partial charge is 0.496 e. The second kappa shape index (κ2) is 9.53. The molecule has 0 aliphatic heterocycles. The van der Waals surface area contributed by atoms with Gasteiger partial charge in [0.05, 0.1) is 20.0 Å². The number of ether oxygens (including phenoxy) is 2. The van der Waals surface area contributed by atoms with Crippen LogP contribution >= 0.6 is 0 Å². The third-order valence-corrected chi connectivity index (χ3v) is 5.18. The van der Waals surface area contributed by atoms with Gasteiger partial charge in [-0.2, -0.15) is 0 Å². The van der Waals surface area contributed by atoms with E-state index in [4.69, 9.17) is 13.9 Å². The summed E-state index contributed by atoms with van der Waals surface area (Å²) in [6.07, 6.45) is 4.08. The fraction of sp³-hybridized carbons (Fsp3) is 0.320. The van der Waals surface area contributed by atoms with E-state index in [-0.39, 0.29) is 5.91 Å². The highest BCUT2D eigenvalue weighted by atomic mass is 16.5. The van der Waals surface area contributed by atoms with Crippen LogP contribution in [0.1, 0.15) is 36.1 Å². The lowest BCUT2D eigenvalue weighted by Crippen LogP contribution is -2.24. The number of furan rings is 1. The van der Waals surface area contributed by atoms with Crippen molar-refractivity contribution in [2.24, 2.45) is 0 Å². The molecule has 3 aromatic rings. The van der Waals surface area contributed by atoms with Crippen molar-refractivity contribution in [3.05, 3.63) is 64.9 Å². The van der Waals surface area contributed by atoms with E-state index < -0.39 is 0 Å². The predicted molar refractivity (Wildman–Crippen MR) is 120 cm³/mol. The van der Waals surface area contributed by atoms with Crippen LogP contribution < -0.4 is 14.8 Å². The summed E-state index contributed by atoms with van der Waals surface area (Å²) in [6.45, 7) is 8.94. The molecule has 1 N–H and O–H groups in total. The molecule has 2 aromatic carbocycles. The van der Waals surface area contributed by atoms with Crippen LogP contribution in [0.4, 0.5) is 0 Å². The minimum atomic E-state index is -0.133. The molecular formula is C25H29NO4. The first-order valence-corrected chi connectivity index (χ1v) is 10.2. The normalized spacial score (nSPS) is 11.6. The highest BCUT2D eigenvalue weighted by Gasteiger charge is 2.17. The summed E-state index contributed by atoms with van der Waals surface area (Å²) in [7, 11) is 1.65. The number of aryl methyl sites for hydroxylation is 2. The molecule has 1 amide bonds. The predicted octanol–water partition coefficient (Wildman–Crippen LogP) is 5.22. The zero-order valence-corrected chi connectivity index (χ0v) is 18.3. The van der Waals surface area contributed by atoms with Gasteiger partial charge in [0, 0.05) is 29.1 Å². The van der Waals surface area contributed by atoms with Gasteiger partial charge in [0.25, 0.3) is 0 Å². The Morgan fingerprint density at radius 1 is 1.23 bits per heavy atom. The molecule has 5 nitrogen and oxygen atoms in total. The summed E-state index contributed by atoms with van der Waals surface area (Å²) in [5.74, 6) is 1.46. The summed E-state index contributed by atoms with van der Waals surface area (Å²) in [4.78, 5) is 12.5. The van der Waals surface area contributed by atoms with Gasteiger partial charge in [-0.15, -0.1) is 0 Å². The lowest BCUT2D eigenvalue weighted by molar-refractivity contribution is -0.116. The van der Waals surface area contributed by atoms with Crippen molar-refractivity contribution in [3.63, 3.8) is 0 Å². The second-order valence-electron chi connectivity index (χ2n) is 7.29. The zero-order valence-electron chi connectivity index (χ0n) is 18.3. The maximum Gasteiger partial charge on any atom is 0.244 e. The van der Waals surface area contributed by atoms with E-state index >= 15 is 0 Å². The van der Waals surface area contributed by atoms with E-state index in [1.54, 1.807) is 19.4 Å². The van der Waals surface area contributed by atoms with Gasteiger partial charge in [0.2, 0.25) is 5.91 Å². The molecule has 0 aliphatic carbocycles. The highest BCUT2D eigenvalue weighted by Crippen LogP contribution is 2.37. The van der Waals surface area contributed by atoms with E-state index in [1.165, 1.54) is 0 Å². The fourth-order valence-corrected chi connectivity index (χ4v) is 3.62. The van der Waals surface area contributed by atoms with E-state index in [2.05, 4.69) is 5.32 Å². The van der Waals surface area contributed by atoms with Crippen molar-refractivity contribution in [1.29, 1.82) is 0 Å². The number of methoxy groups -OCH3 is 1. The number of allylic oxidation sites excluding steroid dienone is 1. The minimum Gasteiger partial charge on any atom is -0.496 e. The molecule has 1 aromatic heterocycles. The van der Waals surface area contributed by atoms with E-state index in [0.29, 0.717) is 19.6 Å². The number of hydrogen-bond acceptors (Lipinski definition) is 4. The van der Waals surface area contributed by atoms with Gasteiger partial charge in [-0.3, -0.25) is 4.79 Å². The van der Waals surface area contributed by atoms with Crippen LogP contribution in [-0.4, -0.2) is 26.2 Å². The van der Waals surface area contributed by atoms with E-state index in [9.17, 15) is 4.79 Å². The fourth-order valence-electron chi connectivity index (χ4n) is 3.62. The molecule has 0 spiro atoms. The third kappa shape index (κ3) is 4.51. The van der Waals surface area contributed by atoms with Crippen LogP contribution in [0.5, 0.6) is 11.5 Å². The summed E-state index contributed by atoms with van der Waals surface area (Å²) in [5.41, 5.74) is 5.66. The molecule has 0 fully saturated rings. The maximum atomic E-state index is 12.5. The van der Waals surface area contributed by atoms with Crippen molar-refractivity contribution in [1.82, 2.24) is 5.32 Å². The van der Waals surface area contributed by atoms with Crippen LogP contribution in [0, 0.1) is 13.8 Å². The summed E-state index contributed by atoms with van der Waals surface area (Å²) < 4.78 is 17.0. The van der Waals surface area contributed by atoms with Crippen molar-refractivity contribution in [2.45, 2.75) is 34.1 Å². The van der Waals surface area contributed by atoms with Gasteiger partial charge in [-0.05, 0) is 62.9 Å². The number of para-hydroxylation sites is 1. The molecule has 0 aliphatic rings. The van der Waals surface area contributed by atoms with E-state index in [1.807, 2.05) is 58.0 Å². The molecule has 0 radical (unpaired) electrons. The second-order valence-corrected chi connectivity index (χ2v) is 7.29. The van der Waals surface area contributed by atoms with Crippen molar-refractivity contribution < 1.29 is 18.7 Å². The smallest absolute Gasteiger partial charge is 0.244 e. The summed E-state index contributed by atoms with van der Waals surface area (Å²) in [6, 6.07) is 9.87. The van der Waals surface area contributed by atoms with E-state index in [0.717, 1.165) is 50.3 Å². The number of nitrogens with one attached hydrogen (secondary N) is 1. The van der Waals surface area contributed by atoms with Crippen molar-refractivity contribution >= 4 is 22.4 Å². The van der Waals surface area contributed by atoms with Gasteiger partial charge in [0.1, 0.15) is 17.1 Å². The Morgan fingerprint density at radius 2 is 2.00 bits per heavy atom. The van der Waals surface area contributed by atoms with Crippen LogP contribution in [0.25, 0.3) is 16.5 Å². The summed E-state index contributed by atoms with van der Waals surface area (Å²) >= 11 is 0. The van der Waals surface area contributed by atoms with Gasteiger partial charge < -0.3 is 19.2 Å². The SMILES string of the molecule is CCOc1c(/C(C)=C/C(=O)NCCc2ccccc2OC)cc2c(C)coc2c1C. The molecule has 0 atom stereocenters. The maximum absolute atomic E-state index is 12.5. The van der Waals surface area contributed by atoms with Crippen LogP contribution in [0.3, 0.4) is 0 Å². The van der Waals surface area contributed by atoms with Crippen LogP contribution in [-0.2, 0) is 11.2 Å². The molecule has 0 saturated heterocycles. The Kier molecular flexibility index (Phi) is 6.83. The molecule has 0 unspecified atom stereocenters. The molecular weight excluding hydrogens is 378 g/mol. The first-order chi connectivity index (χ1) is 14.5. The topological polar surface area (TPSA) is 60.7 Å². The van der Waals surface area contributed by atoms with Crippen molar-refractivity contribution in [2.75, 3.05) is 20.3 Å². The number of rotatable bonds is 8. The van der Waals surface area contributed by atoms with Gasteiger partial charge in [0.15, 0.2) is 0 Å². The number of benzene rings is 2. The molecule has 158 valence electrons. The lowest BCUT2D eigenvalue weighted by atomic mass is 9.98. The Balaban J connectivity index is 1.78. The molecule has 5 heteroatoms. The summed E-state index contributed by atoms with van der Waals surface area (Å²) in [5, 5.41) is 4.00. The number of carbonyl (C=O) groups excluding carboxylic acids is 1. The third-order valence-electron chi connectivity index (χ3n) is 5.18. The molecule has 1 heterocycles. The van der Waals surface area contributed by atoms with Gasteiger partial charge in [-0.25, -0.2) is 0 Å². The standard InChI is InChI=1S/C25H29NO4/c1-6-29-24-18(4)25-21(17(3)15-30-25)14-20(24)16(2)13-23(27)26-12-11-19-9-7-8-10-22(19)28-5/h7-10,13-15H,6,11-12H2,1-5H3,(H,26,27)/b16-13+. The first kappa shape index (κ1) is 21.5. The first-order valence-electron chi connectivity index (χ1n) is 10.2. The molecule has 3 rings (SSSR count). The van der Waals surface area contributed by atoms with Crippen LogP contribution in [0.15, 0.2) is 47.1 Å². The average Bonchev–Trinajstić information content (AvgIpc) is 3.11. The number of hydrogen-bond donors (Lipinski definition) is 1. The quantitative estimate of drug-likeness (QED) is 0.520. The zero-order chi connectivity index (χ0) is 21.7. The van der Waals surface area contributed by atoms with Gasteiger partial charge in [-0.1, -0.05) is 18.2 Å². The molecule has 0 bridgehead atoms. The minimum absolute atomic E-state index is 0.133. The number of amides is 1. The molecule has 30 heavy (non-hydrogen) atoms. The Bertz CT molecular complexity index is 1080. The number of carbonyl (C=O) groups is 1. The van der Waals surface area contributed by atoms with Gasteiger partial charge >= 0.3 is 0 Å². The Labute approximate surface area is 177 Å². The average molecular weight is 408 g/mol. The monoisotopic (exact) mass is 407 g/mol. The Hall–Kier alpha value is -3.21. The Morgan fingerprint density at radius 3 is 2.73 bits per heavy atom. The lowest BCUT2D eigenvalue weighted by Gasteiger charge is -2.14. The highest BCUT2D eigenvalue weighted by molar-refractivity contribution is 5.98. The van der Waals surface area contributed by atoms with Crippen molar-refractivity contribution in [3.8, 4) is 11.5 Å². The molecule has 0 saturated carbocycles.